The second kappa shape index (κ2) is 8.21. The molecule has 2 aromatic carbocycles. The molecule has 3 aromatic rings. The zero-order valence-corrected chi connectivity index (χ0v) is 17.0. The van der Waals surface area contributed by atoms with Gasteiger partial charge in [-0.3, -0.25) is 4.79 Å². The number of phenolic OH excluding ortho intramolecular Hbond substituents is 1. The lowest BCUT2D eigenvalue weighted by molar-refractivity contribution is -0.115. The zero-order chi connectivity index (χ0) is 20.4. The van der Waals surface area contributed by atoms with Gasteiger partial charge in [-0.2, -0.15) is 0 Å². The number of carbonyl (C=O) groups is 1. The first-order chi connectivity index (χ1) is 14.0. The van der Waals surface area contributed by atoms with Crippen LogP contribution in [-0.2, 0) is 30.5 Å². The fourth-order valence-corrected chi connectivity index (χ4v) is 3.77. The molecular weight excluding hydrogens is 386 g/mol. The molecule has 1 aromatic heterocycles. The lowest BCUT2D eigenvalue weighted by atomic mass is 9.91. The standard InChI is InChI=1S/C23H22ClN3O2/c1-2-3-20-23(27-21(29)12-14-4-7-16(24)8-5-14)26-19-11-6-15-13-17(28)9-10-18(15)22(19)25-20/h4-5,7-10,13,28H,2-3,6,11-12H2,1H3,(H,26,27,29). The molecule has 0 fully saturated rings. The molecule has 1 aliphatic rings. The third-order valence-corrected chi connectivity index (χ3v) is 5.29. The van der Waals surface area contributed by atoms with E-state index in [0.29, 0.717) is 10.8 Å². The van der Waals surface area contributed by atoms with Crippen molar-refractivity contribution in [3.63, 3.8) is 0 Å². The summed E-state index contributed by atoms with van der Waals surface area (Å²) in [6, 6.07) is 12.6. The van der Waals surface area contributed by atoms with Crippen molar-refractivity contribution >= 4 is 23.3 Å². The molecule has 0 unspecified atom stereocenters. The molecule has 0 spiro atoms. The highest BCUT2D eigenvalue weighted by Crippen LogP contribution is 2.34. The molecule has 29 heavy (non-hydrogen) atoms. The van der Waals surface area contributed by atoms with Crippen LogP contribution in [0.4, 0.5) is 5.82 Å². The number of benzene rings is 2. The minimum absolute atomic E-state index is 0.125. The van der Waals surface area contributed by atoms with Crippen molar-refractivity contribution in [3.05, 3.63) is 70.0 Å². The number of hydrogen-bond donors (Lipinski definition) is 2. The lowest BCUT2D eigenvalue weighted by Gasteiger charge is -2.21. The summed E-state index contributed by atoms with van der Waals surface area (Å²) in [6.07, 6.45) is 3.39. The third-order valence-electron chi connectivity index (χ3n) is 5.04. The molecule has 5 nitrogen and oxygen atoms in total. The molecule has 1 amide bonds. The average Bonchev–Trinajstić information content (AvgIpc) is 2.70. The van der Waals surface area contributed by atoms with Gasteiger partial charge in [0.05, 0.1) is 23.5 Å². The van der Waals surface area contributed by atoms with Crippen molar-refractivity contribution < 1.29 is 9.90 Å². The summed E-state index contributed by atoms with van der Waals surface area (Å²) in [6.45, 7) is 2.08. The number of hydrogen-bond acceptors (Lipinski definition) is 4. The van der Waals surface area contributed by atoms with Crippen molar-refractivity contribution in [2.24, 2.45) is 0 Å². The molecule has 0 aliphatic heterocycles. The summed E-state index contributed by atoms with van der Waals surface area (Å²) < 4.78 is 0. The Morgan fingerprint density at radius 1 is 1.14 bits per heavy atom. The number of phenols is 1. The van der Waals surface area contributed by atoms with Crippen LogP contribution in [0.15, 0.2) is 42.5 Å². The van der Waals surface area contributed by atoms with Gasteiger partial charge >= 0.3 is 0 Å². The lowest BCUT2D eigenvalue weighted by Crippen LogP contribution is -2.19. The Balaban J connectivity index is 1.63. The Hall–Kier alpha value is -2.92. The maximum atomic E-state index is 12.6. The molecule has 4 rings (SSSR count). The third kappa shape index (κ3) is 4.25. The molecule has 0 atom stereocenters. The Bertz CT molecular complexity index is 1060. The molecule has 0 radical (unpaired) electrons. The number of amides is 1. The number of carbonyl (C=O) groups excluding carboxylic acids is 1. The number of rotatable bonds is 5. The minimum Gasteiger partial charge on any atom is -0.508 e. The van der Waals surface area contributed by atoms with Crippen molar-refractivity contribution in [1.29, 1.82) is 0 Å². The van der Waals surface area contributed by atoms with E-state index < -0.39 is 0 Å². The number of aryl methyl sites for hydroxylation is 3. The van der Waals surface area contributed by atoms with E-state index in [-0.39, 0.29) is 18.1 Å². The van der Waals surface area contributed by atoms with Crippen LogP contribution >= 0.6 is 11.6 Å². The van der Waals surface area contributed by atoms with Gasteiger partial charge in [-0.15, -0.1) is 0 Å². The van der Waals surface area contributed by atoms with Crippen LogP contribution in [-0.4, -0.2) is 21.0 Å². The Kier molecular flexibility index (Phi) is 5.49. The molecule has 2 N–H and O–H groups in total. The number of nitrogens with zero attached hydrogens (tertiary/aromatic N) is 2. The minimum atomic E-state index is -0.125. The molecule has 1 heterocycles. The molecule has 148 valence electrons. The predicted molar refractivity (Wildman–Crippen MR) is 114 cm³/mol. The van der Waals surface area contributed by atoms with Crippen molar-refractivity contribution in [2.45, 2.75) is 39.0 Å². The first kappa shape index (κ1) is 19.4. The fourth-order valence-electron chi connectivity index (χ4n) is 3.64. The van der Waals surface area contributed by atoms with Crippen molar-refractivity contribution in [1.82, 2.24) is 9.97 Å². The second-order valence-corrected chi connectivity index (χ2v) is 7.69. The number of nitrogens with one attached hydrogen (secondary N) is 1. The highest BCUT2D eigenvalue weighted by Gasteiger charge is 2.22. The van der Waals surface area contributed by atoms with Gasteiger partial charge < -0.3 is 10.4 Å². The number of fused-ring (bicyclic) bond motifs is 3. The Morgan fingerprint density at radius 2 is 1.93 bits per heavy atom. The van der Waals surface area contributed by atoms with Crippen LogP contribution in [0, 0.1) is 0 Å². The molecule has 6 heteroatoms. The highest BCUT2D eigenvalue weighted by molar-refractivity contribution is 6.30. The Morgan fingerprint density at radius 3 is 2.69 bits per heavy atom. The number of halogens is 1. The van der Waals surface area contributed by atoms with Crippen LogP contribution in [0.25, 0.3) is 11.3 Å². The predicted octanol–water partition coefficient (Wildman–Crippen LogP) is 4.73. The summed E-state index contributed by atoms with van der Waals surface area (Å²) >= 11 is 5.91. The summed E-state index contributed by atoms with van der Waals surface area (Å²) in [4.78, 5) is 22.2. The van der Waals surface area contributed by atoms with E-state index in [1.54, 1.807) is 24.3 Å². The van der Waals surface area contributed by atoms with Gasteiger partial charge in [0, 0.05) is 10.6 Å². The first-order valence-electron chi connectivity index (χ1n) is 9.80. The van der Waals surface area contributed by atoms with Gasteiger partial charge in [-0.25, -0.2) is 9.97 Å². The number of aromatic nitrogens is 2. The van der Waals surface area contributed by atoms with Gasteiger partial charge in [0.1, 0.15) is 5.75 Å². The van der Waals surface area contributed by atoms with Gasteiger partial charge in [0.2, 0.25) is 5.91 Å². The van der Waals surface area contributed by atoms with E-state index >= 15 is 0 Å². The Labute approximate surface area is 174 Å². The van der Waals surface area contributed by atoms with Crippen LogP contribution in [0.2, 0.25) is 5.02 Å². The zero-order valence-electron chi connectivity index (χ0n) is 16.2. The van der Waals surface area contributed by atoms with E-state index in [9.17, 15) is 9.90 Å². The maximum Gasteiger partial charge on any atom is 0.229 e. The van der Waals surface area contributed by atoms with E-state index in [4.69, 9.17) is 21.6 Å². The number of aromatic hydroxyl groups is 1. The van der Waals surface area contributed by atoms with Gasteiger partial charge in [0.15, 0.2) is 5.82 Å². The molecule has 0 saturated carbocycles. The largest absolute Gasteiger partial charge is 0.508 e. The first-order valence-corrected chi connectivity index (χ1v) is 10.2. The normalized spacial score (nSPS) is 12.2. The molecule has 1 aliphatic carbocycles. The SMILES string of the molecule is CCCc1nc2c(nc1NC(=O)Cc1ccc(Cl)cc1)CCc1cc(O)ccc1-2. The molecular formula is C23H22ClN3O2. The highest BCUT2D eigenvalue weighted by atomic mass is 35.5. The monoisotopic (exact) mass is 407 g/mol. The van der Waals surface area contributed by atoms with Crippen molar-refractivity contribution in [3.8, 4) is 17.0 Å². The van der Waals surface area contributed by atoms with E-state index in [2.05, 4.69) is 12.2 Å². The molecule has 0 saturated heterocycles. The summed E-state index contributed by atoms with van der Waals surface area (Å²) in [5.41, 5.74) is 5.50. The van der Waals surface area contributed by atoms with Gasteiger partial charge in [-0.05, 0) is 60.7 Å². The fraction of sp³-hybridized carbons (Fsp3) is 0.261. The summed E-state index contributed by atoms with van der Waals surface area (Å²) in [7, 11) is 0. The quantitative estimate of drug-likeness (QED) is 0.640. The van der Waals surface area contributed by atoms with E-state index in [1.165, 1.54) is 0 Å². The van der Waals surface area contributed by atoms with Gasteiger partial charge in [-0.1, -0.05) is 37.1 Å². The summed E-state index contributed by atoms with van der Waals surface area (Å²) in [5.74, 6) is 0.687. The van der Waals surface area contributed by atoms with Crippen LogP contribution in [0.5, 0.6) is 5.75 Å². The second-order valence-electron chi connectivity index (χ2n) is 7.26. The van der Waals surface area contributed by atoms with E-state index in [0.717, 1.165) is 59.5 Å². The average molecular weight is 408 g/mol. The van der Waals surface area contributed by atoms with Crippen molar-refractivity contribution in [2.75, 3.05) is 5.32 Å². The number of anilines is 1. The molecule has 0 bridgehead atoms. The summed E-state index contributed by atoms with van der Waals surface area (Å²) in [5, 5.41) is 13.4. The maximum absolute atomic E-state index is 12.6. The van der Waals surface area contributed by atoms with Crippen LogP contribution in [0.3, 0.4) is 0 Å². The van der Waals surface area contributed by atoms with Gasteiger partial charge in [0.25, 0.3) is 0 Å². The smallest absolute Gasteiger partial charge is 0.229 e. The van der Waals surface area contributed by atoms with E-state index in [1.807, 2.05) is 18.2 Å². The van der Waals surface area contributed by atoms with Crippen LogP contribution in [0.1, 0.15) is 35.9 Å². The topological polar surface area (TPSA) is 75.1 Å². The van der Waals surface area contributed by atoms with Crippen LogP contribution < -0.4 is 5.32 Å².